The molecule has 8 aromatic carbocycles. The molecule has 0 heterocycles. The van der Waals surface area contributed by atoms with Gasteiger partial charge in [0.15, 0.2) is 5.75 Å². The van der Waals surface area contributed by atoms with E-state index < -0.39 is 79.4 Å². The number of nitrogens with one attached hydrogen (secondary N) is 1. The van der Waals surface area contributed by atoms with Gasteiger partial charge >= 0.3 is 88.7 Å². The Kier molecular flexibility index (Phi) is 18.9. The first-order valence-corrected chi connectivity index (χ1v) is 24.1. The van der Waals surface area contributed by atoms with E-state index in [-0.39, 0.29) is 167 Å². The standard InChI is InChI=1S/C44H33N11O13S3.3Na/c45-24-3-12-33(36(56)17-24)52-49-28-5-1-22-15-39(70(63,64)65)41(43(58)31(22)19-28)54-48-27-9-7-26(8-10-27)47-35-14-11-30(21-38(35)69(60,61)62)51-55-42-40(71(66,67)68)16-23-2-6-29(20-32(23)44(42)59)50-53-34-13-4-25(46)18-37(34)57;;;/h1-21,47,56-59H,45-46H2,(H,60,61,62)(H,63,64,65)(H,66,67,68);;;/q;3*+1/p-3. The summed E-state index contributed by atoms with van der Waals surface area (Å²) in [6.45, 7) is 0. The Hall–Kier alpha value is -5.99. The van der Waals surface area contributed by atoms with Crippen molar-refractivity contribution in [3.63, 3.8) is 0 Å². The predicted molar refractivity (Wildman–Crippen MR) is 252 cm³/mol. The Morgan fingerprint density at radius 3 is 1.36 bits per heavy atom. The number of aromatic hydroxyl groups is 1. The van der Waals surface area contributed by atoms with Crippen molar-refractivity contribution in [2.45, 2.75) is 14.7 Å². The summed E-state index contributed by atoms with van der Waals surface area (Å²) in [6.07, 6.45) is 0. The van der Waals surface area contributed by atoms with Gasteiger partial charge in [-0.05, 0) is 131 Å². The predicted octanol–water partition coefficient (Wildman–Crippen LogP) is 0.241. The summed E-state index contributed by atoms with van der Waals surface area (Å²) in [5.74, 6) is -2.75. The number of nitrogens with two attached hydrogens (primary N) is 2. The summed E-state index contributed by atoms with van der Waals surface area (Å²) in [6, 6.07) is 26.6. The van der Waals surface area contributed by atoms with Crippen LogP contribution in [0.4, 0.5) is 68.2 Å². The summed E-state index contributed by atoms with van der Waals surface area (Å²) in [5.41, 5.74) is 10.0. The number of hydrogen-bond acceptors (Lipinski definition) is 21. The van der Waals surface area contributed by atoms with Crippen LogP contribution in [0.5, 0.6) is 23.0 Å². The third-order valence-corrected chi connectivity index (χ3v) is 12.7. The van der Waals surface area contributed by atoms with Gasteiger partial charge in [0.2, 0.25) is 0 Å². The molecule has 0 aliphatic heterocycles. The van der Waals surface area contributed by atoms with Crippen LogP contribution in [-0.4, -0.2) is 44.0 Å². The van der Waals surface area contributed by atoms with Gasteiger partial charge in [-0.3, -0.25) is 13.7 Å². The second-order valence-electron chi connectivity index (χ2n) is 15.0. The first kappa shape index (κ1) is 58.9. The Bertz CT molecular complexity index is 3990. The van der Waals surface area contributed by atoms with Crippen molar-refractivity contribution in [1.29, 1.82) is 0 Å². The SMILES string of the molecule is Nc1ccc(N=Nc2ccc3cc(S(=O)(=O)O)c(N=Nc4ccc(Nc5ccc(N=Nc6c(S(=O)(=O)O)cc7ccc(N=Nc8ccc(N)cc8[O-])cc7c6O)cc5S(=O)(=O)O)cc4)c([O-])c3c2)c([O-])c1.[Na+].[Na+].[Na+]. The average molecular weight is 1090 g/mol. The zero-order valence-electron chi connectivity index (χ0n) is 38.5. The molecular weight excluding hydrogens is 1060 g/mol. The summed E-state index contributed by atoms with van der Waals surface area (Å²) in [4.78, 5) is -2.46. The molecule has 360 valence electrons. The van der Waals surface area contributed by atoms with Crippen molar-refractivity contribution in [1.82, 2.24) is 0 Å². The van der Waals surface area contributed by atoms with Crippen LogP contribution in [0.3, 0.4) is 0 Å². The molecule has 0 unspecified atom stereocenters. The van der Waals surface area contributed by atoms with Crippen LogP contribution in [0.1, 0.15) is 0 Å². The number of azo groups is 4. The molecule has 0 radical (unpaired) electrons. The monoisotopic (exact) mass is 1090 g/mol. The Morgan fingerprint density at radius 2 is 0.851 bits per heavy atom. The molecule has 0 spiro atoms. The van der Waals surface area contributed by atoms with Crippen molar-refractivity contribution in [3.05, 3.63) is 127 Å². The summed E-state index contributed by atoms with van der Waals surface area (Å²) < 4.78 is 105. The molecule has 8 aromatic rings. The van der Waals surface area contributed by atoms with E-state index in [4.69, 9.17) is 11.5 Å². The maximum absolute atomic E-state index is 13.6. The molecule has 0 saturated carbocycles. The molecule has 0 atom stereocenters. The number of phenols is 1. The van der Waals surface area contributed by atoms with Gasteiger partial charge in [0, 0.05) is 22.4 Å². The van der Waals surface area contributed by atoms with E-state index in [0.717, 1.165) is 30.3 Å². The normalized spacial score (nSPS) is 12.1. The number of nitrogen functional groups attached to an aromatic ring is 2. The van der Waals surface area contributed by atoms with E-state index in [0.29, 0.717) is 0 Å². The molecule has 8 rings (SSSR count). The summed E-state index contributed by atoms with van der Waals surface area (Å²) >= 11 is 0. The van der Waals surface area contributed by atoms with E-state index in [1.54, 1.807) is 0 Å². The van der Waals surface area contributed by atoms with E-state index in [2.05, 4.69) is 46.2 Å². The van der Waals surface area contributed by atoms with Gasteiger partial charge in [0.05, 0.1) is 45.5 Å². The number of nitrogens with zero attached hydrogens (tertiary/aromatic N) is 8. The smallest absolute Gasteiger partial charge is 0.871 e. The Labute approximate surface area is 485 Å². The molecule has 24 nitrogen and oxygen atoms in total. The fourth-order valence-corrected chi connectivity index (χ4v) is 8.65. The Balaban J connectivity index is 0.00000338. The van der Waals surface area contributed by atoms with Crippen LogP contribution < -0.4 is 121 Å². The van der Waals surface area contributed by atoms with Crippen molar-refractivity contribution in [2.24, 2.45) is 40.9 Å². The number of benzene rings is 8. The summed E-state index contributed by atoms with van der Waals surface area (Å²) in [7, 11) is -15.1. The molecule has 0 saturated heterocycles. The minimum absolute atomic E-state index is 0. The van der Waals surface area contributed by atoms with Crippen molar-refractivity contribution in [2.75, 3.05) is 16.8 Å². The van der Waals surface area contributed by atoms with Gasteiger partial charge in [0.25, 0.3) is 30.4 Å². The largest absolute Gasteiger partial charge is 1.00 e. The average Bonchev–Trinajstić information content (AvgIpc) is 3.30. The van der Waals surface area contributed by atoms with E-state index in [9.17, 15) is 59.3 Å². The van der Waals surface area contributed by atoms with Crippen LogP contribution in [0.15, 0.2) is 183 Å². The molecule has 30 heteroatoms. The third kappa shape index (κ3) is 13.6. The zero-order chi connectivity index (χ0) is 51.0. The number of phenolic OH excluding ortho intramolecular Hbond substituents is 1. The van der Waals surface area contributed by atoms with Crippen molar-refractivity contribution < 1.29 is 148 Å². The quantitative estimate of drug-likeness (QED) is 0.0352. The molecule has 0 aliphatic carbocycles. The zero-order valence-corrected chi connectivity index (χ0v) is 47.0. The van der Waals surface area contributed by atoms with Gasteiger partial charge in [-0.2, -0.15) is 55.9 Å². The number of rotatable bonds is 13. The summed E-state index contributed by atoms with van der Waals surface area (Å²) in [5, 5.41) is 83.3. The molecule has 74 heavy (non-hydrogen) atoms. The van der Waals surface area contributed by atoms with Crippen LogP contribution in [0.2, 0.25) is 0 Å². The topological polar surface area (TPSA) is 415 Å². The number of hydrogen-bond donors (Lipinski definition) is 7. The second-order valence-corrected chi connectivity index (χ2v) is 19.1. The van der Waals surface area contributed by atoms with E-state index >= 15 is 0 Å². The first-order chi connectivity index (χ1) is 33.5. The minimum Gasteiger partial charge on any atom is -0.871 e. The number of anilines is 4. The molecule has 0 aliphatic rings. The molecule has 0 fully saturated rings. The maximum atomic E-state index is 13.6. The van der Waals surface area contributed by atoms with Crippen LogP contribution in [-0.2, 0) is 30.4 Å². The van der Waals surface area contributed by atoms with Crippen molar-refractivity contribution >= 4 is 120 Å². The van der Waals surface area contributed by atoms with Gasteiger partial charge in [0.1, 0.15) is 20.4 Å². The van der Waals surface area contributed by atoms with Crippen LogP contribution in [0.25, 0.3) is 21.5 Å². The molecule has 0 bridgehead atoms. The minimum atomic E-state index is -5.06. The van der Waals surface area contributed by atoms with Crippen molar-refractivity contribution in [3.8, 4) is 23.0 Å². The number of fused-ring (bicyclic) bond motifs is 2. The fraction of sp³-hybridized carbons (Fsp3) is 0. The first-order valence-electron chi connectivity index (χ1n) is 19.8. The molecule has 0 amide bonds. The van der Waals surface area contributed by atoms with Gasteiger partial charge < -0.3 is 37.2 Å². The maximum Gasteiger partial charge on any atom is 1.00 e. The fourth-order valence-electron chi connectivity index (χ4n) is 6.68. The van der Waals surface area contributed by atoms with E-state index in [1.165, 1.54) is 97.1 Å². The third-order valence-electron chi connectivity index (χ3n) is 10.0. The molecule has 9 N–H and O–H groups in total. The van der Waals surface area contributed by atoms with Gasteiger partial charge in [-0.25, -0.2) is 0 Å². The molecular formula is C44H30N11Na3O13S3. The van der Waals surface area contributed by atoms with Crippen LogP contribution >= 0.6 is 0 Å². The Morgan fingerprint density at radius 1 is 0.432 bits per heavy atom. The van der Waals surface area contributed by atoms with E-state index in [1.807, 2.05) is 0 Å². The van der Waals surface area contributed by atoms with Crippen LogP contribution in [0, 0.1) is 0 Å². The second kappa shape index (κ2) is 23.7. The van der Waals surface area contributed by atoms with Gasteiger partial charge in [-0.1, -0.05) is 29.4 Å². The van der Waals surface area contributed by atoms with Gasteiger partial charge in [-0.15, -0.1) is 10.2 Å². The molecule has 0 aromatic heterocycles.